The number of carbonyl (C=O) groups is 1. The predicted octanol–water partition coefficient (Wildman–Crippen LogP) is 1.56. The summed E-state index contributed by atoms with van der Waals surface area (Å²) >= 11 is 0. The van der Waals surface area contributed by atoms with Crippen LogP contribution in [0.25, 0.3) is 0 Å². The van der Waals surface area contributed by atoms with Gasteiger partial charge in [-0.15, -0.1) is 0 Å². The van der Waals surface area contributed by atoms with E-state index < -0.39 is 16.1 Å². The molecule has 0 heterocycles. The van der Waals surface area contributed by atoms with Crippen LogP contribution in [0.15, 0.2) is 47.4 Å². The van der Waals surface area contributed by atoms with Crippen molar-refractivity contribution in [3.63, 3.8) is 0 Å². The Kier molecular flexibility index (Phi) is 7.66. The molecule has 0 aliphatic rings. The van der Waals surface area contributed by atoms with Gasteiger partial charge in [0.2, 0.25) is 0 Å². The Morgan fingerprint density at radius 1 is 1.37 bits per heavy atom. The smallest absolute Gasteiger partial charge is 0.351 e. The highest BCUT2D eigenvalue weighted by molar-refractivity contribution is 7.85. The molecular formula is C12H17NO5S. The van der Waals surface area contributed by atoms with Gasteiger partial charge in [-0.2, -0.15) is 13.9 Å². The van der Waals surface area contributed by atoms with Crippen LogP contribution in [0.3, 0.4) is 0 Å². The maximum Gasteiger partial charge on any atom is 0.351 e. The number of hydroxylamine groups is 1. The van der Waals surface area contributed by atoms with Crippen LogP contribution < -0.4 is 5.48 Å². The molecule has 19 heavy (non-hydrogen) atoms. The fraction of sp³-hybridized carbons (Fsp3) is 0.250. The predicted molar refractivity (Wildman–Crippen MR) is 70.8 cm³/mol. The molecule has 0 unspecified atom stereocenters. The third-order valence-electron chi connectivity index (χ3n) is 1.70. The Hall–Kier alpha value is -1.70. The van der Waals surface area contributed by atoms with E-state index in [0.717, 1.165) is 0 Å². The zero-order valence-corrected chi connectivity index (χ0v) is 11.6. The topological polar surface area (TPSA) is 92.7 Å². The molecule has 0 saturated carbocycles. The lowest BCUT2D eigenvalue weighted by Gasteiger charge is -2.00. The van der Waals surface area contributed by atoms with E-state index in [0.29, 0.717) is 12.1 Å². The molecule has 0 saturated heterocycles. The largest absolute Gasteiger partial charge is 0.367 e. The van der Waals surface area contributed by atoms with Gasteiger partial charge in [0.05, 0.1) is 4.90 Å². The van der Waals surface area contributed by atoms with Gasteiger partial charge in [0.15, 0.2) is 0 Å². The SMILES string of the molecule is C=C(C)C(=O)ONCC.O=S(=O)(O)c1ccccc1. The first-order valence-electron chi connectivity index (χ1n) is 5.41. The summed E-state index contributed by atoms with van der Waals surface area (Å²) in [4.78, 5) is 14.9. The van der Waals surface area contributed by atoms with E-state index in [1.54, 1.807) is 25.1 Å². The van der Waals surface area contributed by atoms with Crippen molar-refractivity contribution < 1.29 is 22.6 Å². The third-order valence-corrected chi connectivity index (χ3v) is 2.57. The molecule has 1 aromatic carbocycles. The molecule has 0 spiro atoms. The monoisotopic (exact) mass is 287 g/mol. The second-order valence-electron chi connectivity index (χ2n) is 3.46. The maximum absolute atomic E-state index is 10.5. The Bertz CT molecular complexity index is 510. The van der Waals surface area contributed by atoms with Crippen molar-refractivity contribution in [2.24, 2.45) is 0 Å². The normalized spacial score (nSPS) is 10.1. The second kappa shape index (κ2) is 8.41. The molecule has 106 valence electrons. The lowest BCUT2D eigenvalue weighted by atomic mass is 10.4. The first kappa shape index (κ1) is 17.3. The zero-order chi connectivity index (χ0) is 14.9. The summed E-state index contributed by atoms with van der Waals surface area (Å²) in [5, 5.41) is 0. The molecule has 6 nitrogen and oxygen atoms in total. The standard InChI is InChI=1S/C6H11NO2.C6H6O3S/c1-4-7-9-6(8)5(2)3;7-10(8,9)6-4-2-1-3-5-6/h7H,2,4H2,1,3H3;1-5H,(H,7,8,9). The van der Waals surface area contributed by atoms with Crippen molar-refractivity contribution in [2.75, 3.05) is 6.54 Å². The minimum absolute atomic E-state index is 0.0741. The molecular weight excluding hydrogens is 270 g/mol. The van der Waals surface area contributed by atoms with Crippen LogP contribution in [0.2, 0.25) is 0 Å². The van der Waals surface area contributed by atoms with E-state index in [-0.39, 0.29) is 4.90 Å². The summed E-state index contributed by atoms with van der Waals surface area (Å²) in [6, 6.07) is 7.42. The van der Waals surface area contributed by atoms with Crippen LogP contribution >= 0.6 is 0 Å². The van der Waals surface area contributed by atoms with Crippen molar-refractivity contribution in [3.05, 3.63) is 42.5 Å². The summed E-state index contributed by atoms with van der Waals surface area (Å²) in [5.74, 6) is -0.406. The minimum atomic E-state index is -4.00. The summed E-state index contributed by atoms with van der Waals surface area (Å²) in [6.07, 6.45) is 0. The Morgan fingerprint density at radius 2 is 1.89 bits per heavy atom. The lowest BCUT2D eigenvalue weighted by Crippen LogP contribution is -2.19. The van der Waals surface area contributed by atoms with E-state index >= 15 is 0 Å². The number of carbonyl (C=O) groups excluding carboxylic acids is 1. The summed E-state index contributed by atoms with van der Waals surface area (Å²) in [5.41, 5.74) is 2.82. The highest BCUT2D eigenvalue weighted by atomic mass is 32.2. The van der Waals surface area contributed by atoms with Gasteiger partial charge in [0, 0.05) is 12.1 Å². The first-order valence-corrected chi connectivity index (χ1v) is 6.85. The third kappa shape index (κ3) is 8.09. The lowest BCUT2D eigenvalue weighted by molar-refractivity contribution is -0.145. The molecule has 0 aliphatic heterocycles. The van der Waals surface area contributed by atoms with Gasteiger partial charge >= 0.3 is 5.97 Å². The van der Waals surface area contributed by atoms with Gasteiger partial charge in [-0.1, -0.05) is 24.8 Å². The number of rotatable bonds is 4. The maximum atomic E-state index is 10.5. The van der Waals surface area contributed by atoms with Crippen LogP contribution in [0.5, 0.6) is 0 Å². The highest BCUT2D eigenvalue weighted by Crippen LogP contribution is 2.05. The van der Waals surface area contributed by atoms with Gasteiger partial charge in [0.1, 0.15) is 0 Å². The first-order chi connectivity index (χ1) is 8.79. The second-order valence-corrected chi connectivity index (χ2v) is 4.88. The van der Waals surface area contributed by atoms with E-state index in [1.807, 2.05) is 6.92 Å². The quantitative estimate of drug-likeness (QED) is 0.496. The average Bonchev–Trinajstić information content (AvgIpc) is 2.36. The van der Waals surface area contributed by atoms with Crippen molar-refractivity contribution in [2.45, 2.75) is 18.7 Å². The number of benzene rings is 1. The van der Waals surface area contributed by atoms with Crippen molar-refractivity contribution in [3.8, 4) is 0 Å². The van der Waals surface area contributed by atoms with Gasteiger partial charge in [-0.3, -0.25) is 4.55 Å². The summed E-state index contributed by atoms with van der Waals surface area (Å²) < 4.78 is 29.2. The molecule has 1 aromatic rings. The Balaban J connectivity index is 0.000000344. The Morgan fingerprint density at radius 3 is 2.21 bits per heavy atom. The van der Waals surface area contributed by atoms with E-state index in [9.17, 15) is 13.2 Å². The number of hydrogen-bond donors (Lipinski definition) is 2. The van der Waals surface area contributed by atoms with Gasteiger partial charge in [-0.05, 0) is 26.0 Å². The molecule has 0 radical (unpaired) electrons. The zero-order valence-electron chi connectivity index (χ0n) is 10.8. The van der Waals surface area contributed by atoms with Crippen LogP contribution in [-0.4, -0.2) is 25.5 Å². The molecule has 7 heteroatoms. The minimum Gasteiger partial charge on any atom is -0.367 e. The molecule has 0 amide bonds. The fourth-order valence-corrected chi connectivity index (χ4v) is 1.32. The summed E-state index contributed by atoms with van der Waals surface area (Å²) in [7, 11) is -4.00. The van der Waals surface area contributed by atoms with Crippen LogP contribution in [-0.2, 0) is 19.8 Å². The summed E-state index contributed by atoms with van der Waals surface area (Å²) in [6.45, 7) is 7.44. The molecule has 0 aliphatic carbocycles. The number of hydrogen-bond acceptors (Lipinski definition) is 5. The fourth-order valence-electron chi connectivity index (χ4n) is 0.817. The van der Waals surface area contributed by atoms with E-state index in [4.69, 9.17) is 4.55 Å². The van der Waals surface area contributed by atoms with Gasteiger partial charge in [0.25, 0.3) is 10.1 Å². The van der Waals surface area contributed by atoms with Crippen LogP contribution in [0.4, 0.5) is 0 Å². The van der Waals surface area contributed by atoms with Crippen molar-refractivity contribution in [1.29, 1.82) is 0 Å². The van der Waals surface area contributed by atoms with Crippen molar-refractivity contribution in [1.82, 2.24) is 5.48 Å². The van der Waals surface area contributed by atoms with Crippen molar-refractivity contribution >= 4 is 16.1 Å². The van der Waals surface area contributed by atoms with Gasteiger partial charge < -0.3 is 4.84 Å². The molecule has 0 fully saturated rings. The molecule has 0 atom stereocenters. The average molecular weight is 287 g/mol. The Labute approximate surface area is 112 Å². The molecule has 0 aromatic heterocycles. The molecule has 1 rings (SSSR count). The highest BCUT2D eigenvalue weighted by Gasteiger charge is 2.05. The number of nitrogens with one attached hydrogen (secondary N) is 1. The van der Waals surface area contributed by atoms with E-state index in [1.165, 1.54) is 12.1 Å². The molecule has 2 N–H and O–H groups in total. The molecule has 0 bridgehead atoms. The van der Waals surface area contributed by atoms with E-state index in [2.05, 4.69) is 16.9 Å². The van der Waals surface area contributed by atoms with Crippen LogP contribution in [0.1, 0.15) is 13.8 Å². The van der Waals surface area contributed by atoms with Crippen LogP contribution in [0, 0.1) is 0 Å². The van der Waals surface area contributed by atoms with Gasteiger partial charge in [-0.25, -0.2) is 4.79 Å².